The van der Waals surface area contributed by atoms with Gasteiger partial charge in [0.2, 0.25) is 0 Å². The molecule has 0 aliphatic carbocycles. The first-order chi connectivity index (χ1) is 17.8. The van der Waals surface area contributed by atoms with Crippen molar-refractivity contribution in [3.63, 3.8) is 0 Å². The molecule has 10 heteroatoms. The van der Waals surface area contributed by atoms with Crippen molar-refractivity contribution in [3.05, 3.63) is 96.4 Å². The van der Waals surface area contributed by atoms with Gasteiger partial charge in [0.1, 0.15) is 30.3 Å². The second-order valence-corrected chi connectivity index (χ2v) is 9.87. The molecule has 4 aromatic rings. The first-order valence-corrected chi connectivity index (χ1v) is 12.7. The SMILES string of the molecule is COc1ccc(COc2cc(-c3ccnc(-c4ccccc4)c3)cc(F)c2N2CC(=O)NS2(=O)=O)cc1. The quantitative estimate of drug-likeness (QED) is 0.391. The van der Waals surface area contributed by atoms with E-state index in [2.05, 4.69) is 4.98 Å². The molecule has 1 N–H and O–H groups in total. The molecule has 37 heavy (non-hydrogen) atoms. The molecule has 1 aliphatic rings. The lowest BCUT2D eigenvalue weighted by atomic mass is 10.0. The molecule has 3 aromatic carbocycles. The molecule has 0 spiro atoms. The van der Waals surface area contributed by atoms with Crippen LogP contribution in [-0.4, -0.2) is 33.0 Å². The first-order valence-electron chi connectivity index (χ1n) is 11.3. The predicted molar refractivity (Wildman–Crippen MR) is 137 cm³/mol. The average Bonchev–Trinajstić information content (AvgIpc) is 3.19. The van der Waals surface area contributed by atoms with E-state index in [1.165, 1.54) is 6.07 Å². The second kappa shape index (κ2) is 9.90. The van der Waals surface area contributed by atoms with Gasteiger partial charge >= 0.3 is 10.2 Å². The van der Waals surface area contributed by atoms with Crippen LogP contribution in [0.1, 0.15) is 5.56 Å². The van der Waals surface area contributed by atoms with E-state index in [4.69, 9.17) is 9.47 Å². The summed E-state index contributed by atoms with van der Waals surface area (Å²) in [4.78, 5) is 16.3. The van der Waals surface area contributed by atoms with Crippen LogP contribution in [0, 0.1) is 5.82 Å². The maximum absolute atomic E-state index is 15.6. The zero-order valence-electron chi connectivity index (χ0n) is 19.7. The van der Waals surface area contributed by atoms with E-state index >= 15 is 4.39 Å². The lowest BCUT2D eigenvalue weighted by Crippen LogP contribution is -2.30. The van der Waals surface area contributed by atoms with Crippen LogP contribution in [0.3, 0.4) is 0 Å². The predicted octanol–water partition coefficient (Wildman–Crippen LogP) is 4.32. The molecule has 0 saturated carbocycles. The van der Waals surface area contributed by atoms with Gasteiger partial charge in [-0.1, -0.05) is 42.5 Å². The molecule has 0 radical (unpaired) electrons. The van der Waals surface area contributed by atoms with E-state index < -0.39 is 28.5 Å². The molecule has 1 aliphatic heterocycles. The number of benzene rings is 3. The van der Waals surface area contributed by atoms with Crippen LogP contribution < -0.4 is 18.5 Å². The zero-order chi connectivity index (χ0) is 26.0. The van der Waals surface area contributed by atoms with Crippen molar-refractivity contribution in [2.24, 2.45) is 0 Å². The van der Waals surface area contributed by atoms with Gasteiger partial charge in [-0.25, -0.2) is 13.4 Å². The van der Waals surface area contributed by atoms with E-state index in [9.17, 15) is 13.2 Å². The number of carbonyl (C=O) groups is 1. The molecule has 5 rings (SSSR count). The van der Waals surface area contributed by atoms with E-state index in [1.54, 1.807) is 49.7 Å². The molecular weight excluding hydrogens is 497 g/mol. The maximum atomic E-state index is 15.6. The molecule has 1 amide bonds. The number of amides is 1. The summed E-state index contributed by atoms with van der Waals surface area (Å²) >= 11 is 0. The van der Waals surface area contributed by atoms with E-state index in [1.807, 2.05) is 41.1 Å². The van der Waals surface area contributed by atoms with Gasteiger partial charge in [0, 0.05) is 11.8 Å². The molecule has 1 saturated heterocycles. The van der Waals surface area contributed by atoms with Gasteiger partial charge < -0.3 is 9.47 Å². The summed E-state index contributed by atoms with van der Waals surface area (Å²) in [5.41, 5.74) is 3.12. The molecule has 0 bridgehead atoms. The Kier molecular flexibility index (Phi) is 6.49. The number of anilines is 1. The number of methoxy groups -OCH3 is 1. The Morgan fingerprint density at radius 1 is 0.973 bits per heavy atom. The normalized spacial score (nSPS) is 14.3. The fourth-order valence-electron chi connectivity index (χ4n) is 4.00. The Morgan fingerprint density at radius 3 is 2.41 bits per heavy atom. The Morgan fingerprint density at radius 2 is 1.73 bits per heavy atom. The van der Waals surface area contributed by atoms with Gasteiger partial charge in [0.25, 0.3) is 5.91 Å². The lowest BCUT2D eigenvalue weighted by molar-refractivity contribution is -0.117. The second-order valence-electron chi connectivity index (χ2n) is 8.27. The summed E-state index contributed by atoms with van der Waals surface area (Å²) in [5, 5.41) is 0. The Bertz CT molecular complexity index is 1560. The van der Waals surface area contributed by atoms with Crippen LogP contribution in [0.5, 0.6) is 11.5 Å². The third kappa shape index (κ3) is 5.10. The molecular formula is C27H22FN3O5S. The molecule has 2 heterocycles. The number of rotatable bonds is 7. The number of nitrogens with one attached hydrogen (secondary N) is 1. The van der Waals surface area contributed by atoms with Crippen molar-refractivity contribution in [1.82, 2.24) is 9.71 Å². The Balaban J connectivity index is 1.56. The highest BCUT2D eigenvalue weighted by Crippen LogP contribution is 2.39. The Hall–Kier alpha value is -4.44. The highest BCUT2D eigenvalue weighted by atomic mass is 32.2. The van der Waals surface area contributed by atoms with Crippen molar-refractivity contribution in [2.45, 2.75) is 6.61 Å². The largest absolute Gasteiger partial charge is 0.497 e. The highest BCUT2D eigenvalue weighted by Gasteiger charge is 2.38. The summed E-state index contributed by atoms with van der Waals surface area (Å²) < 4.78 is 54.3. The molecule has 1 fully saturated rings. The minimum absolute atomic E-state index is 0.0241. The van der Waals surface area contributed by atoms with Gasteiger partial charge in [0.15, 0.2) is 5.82 Å². The number of hydrogen-bond donors (Lipinski definition) is 1. The fourth-order valence-corrected chi connectivity index (χ4v) is 5.17. The molecule has 0 unspecified atom stereocenters. The van der Waals surface area contributed by atoms with Gasteiger partial charge in [0.05, 0.1) is 12.8 Å². The highest BCUT2D eigenvalue weighted by molar-refractivity contribution is 7.92. The van der Waals surface area contributed by atoms with Gasteiger partial charge in [-0.05, 0) is 53.1 Å². The molecule has 0 atom stereocenters. The van der Waals surface area contributed by atoms with Crippen molar-refractivity contribution in [1.29, 1.82) is 0 Å². The number of nitrogens with zero attached hydrogens (tertiary/aromatic N) is 2. The number of pyridine rings is 1. The maximum Gasteiger partial charge on any atom is 0.326 e. The van der Waals surface area contributed by atoms with Crippen LogP contribution in [0.4, 0.5) is 10.1 Å². The van der Waals surface area contributed by atoms with Crippen molar-refractivity contribution in [3.8, 4) is 33.9 Å². The monoisotopic (exact) mass is 519 g/mol. The third-order valence-corrected chi connectivity index (χ3v) is 7.19. The van der Waals surface area contributed by atoms with Gasteiger partial charge in [-0.15, -0.1) is 0 Å². The summed E-state index contributed by atoms with van der Waals surface area (Å²) in [7, 11) is -2.70. The number of hydrogen-bond acceptors (Lipinski definition) is 6. The number of halogens is 1. The van der Waals surface area contributed by atoms with E-state index in [-0.39, 0.29) is 18.0 Å². The molecule has 8 nitrogen and oxygen atoms in total. The first kappa shape index (κ1) is 24.3. The molecule has 188 valence electrons. The van der Waals surface area contributed by atoms with Gasteiger partial charge in [-0.2, -0.15) is 8.42 Å². The number of aromatic nitrogens is 1. The van der Waals surface area contributed by atoms with Crippen LogP contribution in [0.25, 0.3) is 22.4 Å². The average molecular weight is 520 g/mol. The lowest BCUT2D eigenvalue weighted by Gasteiger charge is -2.21. The topological polar surface area (TPSA) is 97.8 Å². The summed E-state index contributed by atoms with van der Waals surface area (Å²) in [5.74, 6) is -0.965. The van der Waals surface area contributed by atoms with Gasteiger partial charge in [-0.3, -0.25) is 9.78 Å². The number of carbonyl (C=O) groups excluding carboxylic acids is 1. The van der Waals surface area contributed by atoms with E-state index in [0.29, 0.717) is 26.9 Å². The van der Waals surface area contributed by atoms with Crippen LogP contribution in [-0.2, 0) is 21.6 Å². The van der Waals surface area contributed by atoms with Crippen molar-refractivity contribution < 1.29 is 27.1 Å². The zero-order valence-corrected chi connectivity index (χ0v) is 20.5. The van der Waals surface area contributed by atoms with Crippen LogP contribution in [0.15, 0.2) is 85.1 Å². The standard InChI is InChI=1S/C27H22FN3O5S/c1-35-22-9-7-18(8-10-22)17-36-25-15-21(13-23(28)27(25)31-16-26(32)30-37(31,33)34)20-11-12-29-24(14-20)19-5-3-2-4-6-19/h2-15H,16-17H2,1H3,(H,30,32). The minimum Gasteiger partial charge on any atom is -0.497 e. The van der Waals surface area contributed by atoms with Crippen LogP contribution in [0.2, 0.25) is 0 Å². The van der Waals surface area contributed by atoms with Crippen molar-refractivity contribution >= 4 is 21.8 Å². The molecule has 1 aromatic heterocycles. The Labute approximate surface area is 213 Å². The third-order valence-electron chi connectivity index (χ3n) is 5.81. The smallest absolute Gasteiger partial charge is 0.326 e. The number of ether oxygens (including phenoxy) is 2. The van der Waals surface area contributed by atoms with Crippen molar-refractivity contribution in [2.75, 3.05) is 18.0 Å². The van der Waals surface area contributed by atoms with E-state index in [0.717, 1.165) is 11.1 Å². The minimum atomic E-state index is -4.26. The van der Waals surface area contributed by atoms with Crippen LogP contribution >= 0.6 is 0 Å². The fraction of sp³-hybridized carbons (Fsp3) is 0.111. The summed E-state index contributed by atoms with van der Waals surface area (Å²) in [6, 6.07) is 22.9. The summed E-state index contributed by atoms with van der Waals surface area (Å²) in [6.45, 7) is -0.522. The summed E-state index contributed by atoms with van der Waals surface area (Å²) in [6.07, 6.45) is 1.62.